The molecule has 2 amide bonds. The fraction of sp³-hybridized carbons (Fsp3) is 0.833. The van der Waals surface area contributed by atoms with Gasteiger partial charge in [-0.25, -0.2) is 4.79 Å². The van der Waals surface area contributed by atoms with E-state index < -0.39 is 23.1 Å². The molecule has 1 fully saturated rings. The second kappa shape index (κ2) is 8.06. The van der Waals surface area contributed by atoms with E-state index in [2.05, 4.69) is 0 Å². The largest absolute Gasteiger partial charge is 0.468 e. The average molecular weight is 356 g/mol. The standard InChI is InChI=1S/C18H32N2O5/c1-17(2,3)15(22)20(12-14(21)24-7)13-9-8-10-19(11-13)16(23)25-18(4,5)6/h13H,8-12H2,1-7H3. The van der Waals surface area contributed by atoms with Gasteiger partial charge in [0.05, 0.1) is 13.2 Å². The van der Waals surface area contributed by atoms with Crippen molar-refractivity contribution in [3.05, 3.63) is 0 Å². The lowest BCUT2D eigenvalue weighted by atomic mass is 9.92. The van der Waals surface area contributed by atoms with Crippen LogP contribution in [0.1, 0.15) is 54.4 Å². The number of hydrogen-bond acceptors (Lipinski definition) is 5. The maximum atomic E-state index is 12.8. The Labute approximate surface area is 150 Å². The van der Waals surface area contributed by atoms with Gasteiger partial charge in [0.2, 0.25) is 5.91 Å². The van der Waals surface area contributed by atoms with Crippen molar-refractivity contribution in [2.24, 2.45) is 5.41 Å². The third-order valence-corrected chi connectivity index (χ3v) is 3.92. The van der Waals surface area contributed by atoms with Crippen LogP contribution < -0.4 is 0 Å². The summed E-state index contributed by atoms with van der Waals surface area (Å²) in [5.41, 5.74) is -1.20. The van der Waals surface area contributed by atoms with E-state index in [1.807, 2.05) is 41.5 Å². The van der Waals surface area contributed by atoms with E-state index in [-0.39, 0.29) is 18.5 Å². The number of carbonyl (C=O) groups excluding carboxylic acids is 3. The molecule has 0 radical (unpaired) electrons. The minimum Gasteiger partial charge on any atom is -0.468 e. The van der Waals surface area contributed by atoms with Crippen LogP contribution in [0, 0.1) is 5.41 Å². The third-order valence-electron chi connectivity index (χ3n) is 3.92. The summed E-state index contributed by atoms with van der Waals surface area (Å²) in [4.78, 5) is 40.1. The number of amides is 2. The molecule has 1 unspecified atom stereocenters. The van der Waals surface area contributed by atoms with Crippen LogP contribution in [0.25, 0.3) is 0 Å². The Balaban J connectivity index is 2.92. The molecule has 0 aromatic rings. The van der Waals surface area contributed by atoms with Crippen LogP contribution >= 0.6 is 0 Å². The lowest BCUT2D eigenvalue weighted by Gasteiger charge is -2.41. The summed E-state index contributed by atoms with van der Waals surface area (Å²) in [5, 5.41) is 0. The molecule has 7 heteroatoms. The molecular weight excluding hydrogens is 324 g/mol. The fourth-order valence-corrected chi connectivity index (χ4v) is 2.70. The molecule has 1 atom stereocenters. The number of methoxy groups -OCH3 is 1. The van der Waals surface area contributed by atoms with Crippen molar-refractivity contribution < 1.29 is 23.9 Å². The highest BCUT2D eigenvalue weighted by molar-refractivity contribution is 5.86. The molecule has 7 nitrogen and oxygen atoms in total. The highest BCUT2D eigenvalue weighted by atomic mass is 16.6. The van der Waals surface area contributed by atoms with Gasteiger partial charge in [-0.3, -0.25) is 9.59 Å². The number of piperidine rings is 1. The smallest absolute Gasteiger partial charge is 0.410 e. The predicted octanol–water partition coefficient (Wildman–Crippen LogP) is 2.43. The van der Waals surface area contributed by atoms with Crippen molar-refractivity contribution in [3.8, 4) is 0 Å². The molecule has 0 aliphatic carbocycles. The molecule has 0 saturated carbocycles. The molecule has 1 saturated heterocycles. The molecule has 0 spiro atoms. The first-order valence-electron chi connectivity index (χ1n) is 8.71. The van der Waals surface area contributed by atoms with E-state index in [1.165, 1.54) is 7.11 Å². The van der Waals surface area contributed by atoms with Crippen LogP contribution in [0.15, 0.2) is 0 Å². The Morgan fingerprint density at radius 1 is 1.12 bits per heavy atom. The maximum absolute atomic E-state index is 12.8. The Hall–Kier alpha value is -1.79. The number of carbonyl (C=O) groups is 3. The van der Waals surface area contributed by atoms with Crippen molar-refractivity contribution in [1.82, 2.24) is 9.80 Å². The van der Waals surface area contributed by atoms with E-state index in [4.69, 9.17) is 9.47 Å². The fourth-order valence-electron chi connectivity index (χ4n) is 2.70. The molecule has 0 N–H and O–H groups in total. The summed E-state index contributed by atoms with van der Waals surface area (Å²) in [5.74, 6) is -0.596. The quantitative estimate of drug-likeness (QED) is 0.726. The van der Waals surface area contributed by atoms with Gasteiger partial charge in [-0.1, -0.05) is 20.8 Å². The van der Waals surface area contributed by atoms with Crippen molar-refractivity contribution in [2.45, 2.75) is 66.0 Å². The lowest BCUT2D eigenvalue weighted by Crippen LogP contribution is -2.55. The topological polar surface area (TPSA) is 76.2 Å². The number of hydrogen-bond donors (Lipinski definition) is 0. The third kappa shape index (κ3) is 6.55. The molecule has 1 aliphatic heterocycles. The van der Waals surface area contributed by atoms with E-state index >= 15 is 0 Å². The summed E-state index contributed by atoms with van der Waals surface area (Å²) >= 11 is 0. The molecule has 25 heavy (non-hydrogen) atoms. The second-order valence-corrected chi connectivity index (χ2v) is 8.48. The number of esters is 1. The summed E-state index contributed by atoms with van der Waals surface area (Å²) in [6.45, 7) is 11.7. The van der Waals surface area contributed by atoms with Gasteiger partial charge in [0.25, 0.3) is 0 Å². The van der Waals surface area contributed by atoms with Gasteiger partial charge in [0, 0.05) is 18.5 Å². The summed E-state index contributed by atoms with van der Waals surface area (Å²) in [6.07, 6.45) is 1.09. The number of ether oxygens (including phenoxy) is 2. The number of likely N-dealkylation sites (tertiary alicyclic amines) is 1. The van der Waals surface area contributed by atoms with Gasteiger partial charge in [-0.15, -0.1) is 0 Å². The molecule has 1 rings (SSSR count). The molecular formula is C18H32N2O5. The van der Waals surface area contributed by atoms with Gasteiger partial charge in [0.1, 0.15) is 12.1 Å². The second-order valence-electron chi connectivity index (χ2n) is 8.48. The molecule has 144 valence electrons. The highest BCUT2D eigenvalue weighted by Crippen LogP contribution is 2.24. The van der Waals surface area contributed by atoms with Crippen LogP contribution in [0.5, 0.6) is 0 Å². The zero-order valence-electron chi connectivity index (χ0n) is 16.5. The van der Waals surface area contributed by atoms with E-state index in [9.17, 15) is 14.4 Å². The zero-order valence-corrected chi connectivity index (χ0v) is 16.5. The van der Waals surface area contributed by atoms with Gasteiger partial charge >= 0.3 is 12.1 Å². The van der Waals surface area contributed by atoms with Crippen molar-refractivity contribution in [3.63, 3.8) is 0 Å². The normalized spacial score (nSPS) is 18.5. The van der Waals surface area contributed by atoms with Crippen LogP contribution in [0.2, 0.25) is 0 Å². The molecule has 0 aromatic carbocycles. The first-order chi connectivity index (χ1) is 11.3. The van der Waals surface area contributed by atoms with Crippen LogP contribution in [-0.2, 0) is 19.1 Å². The van der Waals surface area contributed by atoms with Crippen molar-refractivity contribution in [2.75, 3.05) is 26.7 Å². The zero-order chi connectivity index (χ0) is 19.4. The highest BCUT2D eigenvalue weighted by Gasteiger charge is 2.37. The maximum Gasteiger partial charge on any atom is 0.410 e. The Morgan fingerprint density at radius 2 is 1.72 bits per heavy atom. The van der Waals surface area contributed by atoms with Crippen molar-refractivity contribution in [1.29, 1.82) is 0 Å². The van der Waals surface area contributed by atoms with E-state index in [0.717, 1.165) is 12.8 Å². The van der Waals surface area contributed by atoms with E-state index in [1.54, 1.807) is 9.80 Å². The van der Waals surface area contributed by atoms with Gasteiger partial charge in [0.15, 0.2) is 0 Å². The van der Waals surface area contributed by atoms with Crippen LogP contribution in [-0.4, -0.2) is 66.2 Å². The van der Waals surface area contributed by atoms with Crippen LogP contribution in [0.4, 0.5) is 4.79 Å². The molecule has 1 heterocycles. The minimum absolute atomic E-state index is 0.112. The SMILES string of the molecule is COC(=O)CN(C(=O)C(C)(C)C)C1CCCN(C(=O)OC(C)(C)C)C1. The predicted molar refractivity (Wildman–Crippen MR) is 94.0 cm³/mol. The molecule has 0 aromatic heterocycles. The first-order valence-corrected chi connectivity index (χ1v) is 8.71. The minimum atomic E-state index is -0.623. The first kappa shape index (κ1) is 21.3. The lowest BCUT2D eigenvalue weighted by molar-refractivity contribution is -0.153. The summed E-state index contributed by atoms with van der Waals surface area (Å²) in [6, 6.07) is -0.230. The summed E-state index contributed by atoms with van der Waals surface area (Å²) < 4.78 is 10.2. The Bertz CT molecular complexity index is 505. The number of nitrogens with zero attached hydrogens (tertiary/aromatic N) is 2. The van der Waals surface area contributed by atoms with Crippen molar-refractivity contribution >= 4 is 18.0 Å². The Morgan fingerprint density at radius 3 is 2.20 bits per heavy atom. The molecule has 0 bridgehead atoms. The monoisotopic (exact) mass is 356 g/mol. The average Bonchev–Trinajstić information content (AvgIpc) is 2.49. The summed E-state index contributed by atoms with van der Waals surface area (Å²) in [7, 11) is 1.30. The van der Waals surface area contributed by atoms with Gasteiger partial charge in [-0.2, -0.15) is 0 Å². The van der Waals surface area contributed by atoms with Gasteiger partial charge in [-0.05, 0) is 33.6 Å². The Kier molecular flexibility index (Phi) is 6.85. The van der Waals surface area contributed by atoms with E-state index in [0.29, 0.717) is 13.1 Å². The molecule has 1 aliphatic rings. The van der Waals surface area contributed by atoms with Crippen LogP contribution in [0.3, 0.4) is 0 Å². The van der Waals surface area contributed by atoms with Gasteiger partial charge < -0.3 is 19.3 Å². The number of rotatable bonds is 3.